The quantitative estimate of drug-likeness (QED) is 0.786. The van der Waals surface area contributed by atoms with Crippen molar-refractivity contribution in [3.8, 4) is 0 Å². The van der Waals surface area contributed by atoms with Crippen LogP contribution >= 0.6 is 0 Å². The van der Waals surface area contributed by atoms with Crippen molar-refractivity contribution >= 4 is 0 Å². The van der Waals surface area contributed by atoms with Gasteiger partial charge in [-0.15, -0.1) is 0 Å². The van der Waals surface area contributed by atoms with Crippen LogP contribution in [0.5, 0.6) is 0 Å². The molecule has 5 nitrogen and oxygen atoms in total. The molecule has 2 N–H and O–H groups in total. The highest BCUT2D eigenvalue weighted by atomic mass is 16.5. The van der Waals surface area contributed by atoms with Gasteiger partial charge in [0.05, 0.1) is 5.69 Å². The molecule has 1 fully saturated rings. The highest BCUT2D eigenvalue weighted by molar-refractivity contribution is 5.07. The predicted octanol–water partition coefficient (Wildman–Crippen LogP) is 1.61. The largest absolute Gasteiger partial charge is 0.373 e. The van der Waals surface area contributed by atoms with E-state index in [-0.39, 0.29) is 11.7 Å². The number of methoxy groups -OCH3 is 1. The summed E-state index contributed by atoms with van der Waals surface area (Å²) in [7, 11) is 1.67. The van der Waals surface area contributed by atoms with E-state index in [1.165, 1.54) is 0 Å². The smallest absolute Gasteiger partial charge is 0.251 e. The van der Waals surface area contributed by atoms with E-state index >= 15 is 0 Å². The average Bonchev–Trinajstić information content (AvgIpc) is 3.13. The van der Waals surface area contributed by atoms with Crippen molar-refractivity contribution in [1.82, 2.24) is 15.3 Å². The normalized spacial score (nSPS) is 16.8. The maximum absolute atomic E-state index is 11.7. The fourth-order valence-corrected chi connectivity index (χ4v) is 2.17. The van der Waals surface area contributed by atoms with Gasteiger partial charge >= 0.3 is 0 Å². The summed E-state index contributed by atoms with van der Waals surface area (Å²) in [6.45, 7) is 5.84. The molecule has 5 heteroatoms. The first-order valence-electron chi connectivity index (χ1n) is 6.93. The molecule has 1 aromatic heterocycles. The van der Waals surface area contributed by atoms with Crippen LogP contribution in [-0.2, 0) is 11.3 Å². The molecule has 0 bridgehead atoms. The summed E-state index contributed by atoms with van der Waals surface area (Å²) in [4.78, 5) is 19.0. The molecule has 106 valence electrons. The minimum absolute atomic E-state index is 0.0715. The molecule has 1 unspecified atom stereocenters. The highest BCUT2D eigenvalue weighted by Crippen LogP contribution is 2.41. The van der Waals surface area contributed by atoms with Gasteiger partial charge in [-0.25, -0.2) is 4.98 Å². The first-order chi connectivity index (χ1) is 9.10. The average molecular weight is 265 g/mol. The zero-order chi connectivity index (χ0) is 13.8. The molecule has 1 aromatic rings. The third-order valence-corrected chi connectivity index (χ3v) is 3.25. The molecular formula is C14H23N3O2. The van der Waals surface area contributed by atoms with Crippen molar-refractivity contribution in [2.45, 2.75) is 39.3 Å². The standard InChI is InChI=1S/C14H23N3O2/c1-9(2)7-15-8-11-6-12(18)17-14(16-11)13(19-3)10-4-5-10/h6,9-10,13,15H,4-5,7-8H2,1-3H3,(H,16,17,18). The number of rotatable bonds is 7. The van der Waals surface area contributed by atoms with Crippen LogP contribution in [0.2, 0.25) is 0 Å². The van der Waals surface area contributed by atoms with Crippen molar-refractivity contribution in [1.29, 1.82) is 0 Å². The molecule has 1 heterocycles. The van der Waals surface area contributed by atoms with Crippen LogP contribution in [0.3, 0.4) is 0 Å². The summed E-state index contributed by atoms with van der Waals surface area (Å²) in [5.41, 5.74) is 0.677. The number of nitrogens with zero attached hydrogens (tertiary/aromatic N) is 1. The van der Waals surface area contributed by atoms with Gasteiger partial charge in [-0.3, -0.25) is 4.79 Å². The summed E-state index contributed by atoms with van der Waals surface area (Å²) in [6, 6.07) is 1.55. The van der Waals surface area contributed by atoms with Gasteiger partial charge in [0.25, 0.3) is 5.56 Å². The Bertz CT molecular complexity index is 466. The summed E-state index contributed by atoms with van der Waals surface area (Å²) < 4.78 is 5.46. The van der Waals surface area contributed by atoms with Crippen LogP contribution < -0.4 is 10.9 Å². The zero-order valence-corrected chi connectivity index (χ0v) is 11.9. The van der Waals surface area contributed by atoms with Crippen molar-refractivity contribution in [2.24, 2.45) is 11.8 Å². The van der Waals surface area contributed by atoms with Crippen LogP contribution in [-0.4, -0.2) is 23.6 Å². The maximum atomic E-state index is 11.7. The number of ether oxygens (including phenoxy) is 1. The first kappa shape index (κ1) is 14.2. The third kappa shape index (κ3) is 4.14. The Morgan fingerprint density at radius 1 is 1.53 bits per heavy atom. The predicted molar refractivity (Wildman–Crippen MR) is 73.9 cm³/mol. The monoisotopic (exact) mass is 265 g/mol. The molecule has 2 rings (SSSR count). The van der Waals surface area contributed by atoms with Crippen LogP contribution in [0.25, 0.3) is 0 Å². The minimum Gasteiger partial charge on any atom is -0.373 e. The lowest BCUT2D eigenvalue weighted by molar-refractivity contribution is 0.0767. The minimum atomic E-state index is -0.103. The van der Waals surface area contributed by atoms with E-state index in [4.69, 9.17) is 4.74 Å². The first-order valence-corrected chi connectivity index (χ1v) is 6.93. The molecule has 19 heavy (non-hydrogen) atoms. The number of aromatic nitrogens is 2. The van der Waals surface area contributed by atoms with Crippen LogP contribution in [0.15, 0.2) is 10.9 Å². The van der Waals surface area contributed by atoms with E-state index in [2.05, 4.69) is 29.1 Å². The number of hydrogen-bond donors (Lipinski definition) is 2. The molecule has 0 spiro atoms. The summed E-state index contributed by atoms with van der Waals surface area (Å²) >= 11 is 0. The van der Waals surface area contributed by atoms with E-state index in [1.54, 1.807) is 13.2 Å². The van der Waals surface area contributed by atoms with Crippen LogP contribution in [0, 0.1) is 11.8 Å². The Kier molecular flexibility index (Phi) is 4.71. The molecule has 1 saturated carbocycles. The lowest BCUT2D eigenvalue weighted by Gasteiger charge is -2.14. The SMILES string of the molecule is COC(c1nc(CNCC(C)C)cc(=O)[nH]1)C1CC1. The Balaban J connectivity index is 2.07. The molecule has 0 aliphatic heterocycles. The van der Waals surface area contributed by atoms with Gasteiger partial charge in [0.15, 0.2) is 0 Å². The Labute approximate surface area is 113 Å². The molecular weight excluding hydrogens is 242 g/mol. The van der Waals surface area contributed by atoms with Crippen molar-refractivity contribution in [3.05, 3.63) is 27.9 Å². The molecule has 1 aliphatic rings. The number of nitrogens with one attached hydrogen (secondary N) is 2. The second kappa shape index (κ2) is 6.30. The molecule has 0 saturated heterocycles. The molecule has 0 aromatic carbocycles. The Hall–Kier alpha value is -1.20. The topological polar surface area (TPSA) is 67.0 Å². The molecule has 1 aliphatic carbocycles. The Morgan fingerprint density at radius 2 is 2.26 bits per heavy atom. The van der Waals surface area contributed by atoms with Gasteiger partial charge in [0.2, 0.25) is 0 Å². The van der Waals surface area contributed by atoms with Crippen LogP contribution in [0.1, 0.15) is 44.3 Å². The second-order valence-electron chi connectivity index (χ2n) is 5.64. The van der Waals surface area contributed by atoms with Gasteiger partial charge in [-0.05, 0) is 31.2 Å². The van der Waals surface area contributed by atoms with Gasteiger partial charge in [0, 0.05) is 19.7 Å². The zero-order valence-electron chi connectivity index (χ0n) is 11.9. The van der Waals surface area contributed by atoms with Crippen molar-refractivity contribution in [2.75, 3.05) is 13.7 Å². The van der Waals surface area contributed by atoms with E-state index in [0.717, 1.165) is 25.1 Å². The number of hydrogen-bond acceptors (Lipinski definition) is 4. The third-order valence-electron chi connectivity index (χ3n) is 3.25. The van der Waals surface area contributed by atoms with Gasteiger partial charge < -0.3 is 15.0 Å². The molecule has 1 atom stereocenters. The highest BCUT2D eigenvalue weighted by Gasteiger charge is 2.34. The van der Waals surface area contributed by atoms with Gasteiger partial charge in [-0.1, -0.05) is 13.8 Å². The summed E-state index contributed by atoms with van der Waals surface area (Å²) in [5, 5.41) is 3.30. The second-order valence-corrected chi connectivity index (χ2v) is 5.64. The van der Waals surface area contributed by atoms with E-state index in [9.17, 15) is 4.79 Å². The van der Waals surface area contributed by atoms with Gasteiger partial charge in [0.1, 0.15) is 11.9 Å². The lowest BCUT2D eigenvalue weighted by atomic mass is 10.2. The lowest BCUT2D eigenvalue weighted by Crippen LogP contribution is -2.23. The maximum Gasteiger partial charge on any atom is 0.251 e. The number of H-pyrrole nitrogens is 1. The van der Waals surface area contributed by atoms with Crippen molar-refractivity contribution < 1.29 is 4.74 Å². The van der Waals surface area contributed by atoms with E-state index < -0.39 is 0 Å². The summed E-state index contributed by atoms with van der Waals surface area (Å²) in [6.07, 6.45) is 2.23. The van der Waals surface area contributed by atoms with Crippen LogP contribution in [0.4, 0.5) is 0 Å². The van der Waals surface area contributed by atoms with E-state index in [0.29, 0.717) is 24.2 Å². The Morgan fingerprint density at radius 3 is 2.84 bits per heavy atom. The number of aromatic amines is 1. The van der Waals surface area contributed by atoms with E-state index in [1.807, 2.05) is 0 Å². The fourth-order valence-electron chi connectivity index (χ4n) is 2.17. The summed E-state index contributed by atoms with van der Waals surface area (Å²) in [5.74, 6) is 1.76. The van der Waals surface area contributed by atoms with Gasteiger partial charge in [-0.2, -0.15) is 0 Å². The molecule has 0 amide bonds. The fraction of sp³-hybridized carbons (Fsp3) is 0.714. The molecule has 0 radical (unpaired) electrons. The van der Waals surface area contributed by atoms with Crippen molar-refractivity contribution in [3.63, 3.8) is 0 Å².